The Kier molecular flexibility index (Phi) is 4.05. The van der Waals surface area contributed by atoms with Crippen molar-refractivity contribution in [1.82, 2.24) is 15.2 Å². The van der Waals surface area contributed by atoms with Crippen molar-refractivity contribution in [3.63, 3.8) is 0 Å². The Morgan fingerprint density at radius 1 is 1.60 bits per heavy atom. The SMILES string of the molecule is COCC1CC2(CCNCC2)CN1C(=O)c1cscn1. The van der Waals surface area contributed by atoms with Crippen LogP contribution < -0.4 is 5.32 Å². The summed E-state index contributed by atoms with van der Waals surface area (Å²) in [5.74, 6) is 0.0590. The molecule has 1 atom stereocenters. The molecule has 3 rings (SSSR count). The van der Waals surface area contributed by atoms with Crippen molar-refractivity contribution in [1.29, 1.82) is 0 Å². The van der Waals surface area contributed by atoms with E-state index >= 15 is 0 Å². The highest BCUT2D eigenvalue weighted by atomic mass is 32.1. The molecule has 0 aromatic carbocycles. The number of likely N-dealkylation sites (tertiary alicyclic amines) is 1. The molecule has 0 bridgehead atoms. The maximum Gasteiger partial charge on any atom is 0.273 e. The average Bonchev–Trinajstić information content (AvgIpc) is 3.08. The zero-order valence-corrected chi connectivity index (χ0v) is 12.6. The van der Waals surface area contributed by atoms with Gasteiger partial charge in [0.05, 0.1) is 18.2 Å². The monoisotopic (exact) mass is 295 g/mol. The zero-order chi connectivity index (χ0) is 14.0. The third-order valence-electron chi connectivity index (χ3n) is 4.55. The first-order chi connectivity index (χ1) is 9.74. The topological polar surface area (TPSA) is 54.5 Å². The van der Waals surface area contributed by atoms with Crippen LogP contribution in [0.5, 0.6) is 0 Å². The van der Waals surface area contributed by atoms with E-state index in [-0.39, 0.29) is 17.4 Å². The fourth-order valence-electron chi connectivity index (χ4n) is 3.53. The lowest BCUT2D eigenvalue weighted by Gasteiger charge is -2.33. The Labute approximate surface area is 123 Å². The van der Waals surface area contributed by atoms with Crippen LogP contribution in [0.1, 0.15) is 29.8 Å². The summed E-state index contributed by atoms with van der Waals surface area (Å²) in [6.07, 6.45) is 3.35. The Bertz CT molecular complexity index is 457. The van der Waals surface area contributed by atoms with Crippen LogP contribution in [-0.2, 0) is 4.74 Å². The van der Waals surface area contributed by atoms with Crippen LogP contribution in [0, 0.1) is 5.41 Å². The van der Waals surface area contributed by atoms with Gasteiger partial charge < -0.3 is 15.0 Å². The number of carbonyl (C=O) groups excluding carboxylic acids is 1. The zero-order valence-electron chi connectivity index (χ0n) is 11.8. The van der Waals surface area contributed by atoms with Gasteiger partial charge in [-0.05, 0) is 37.8 Å². The number of nitrogens with one attached hydrogen (secondary N) is 1. The fraction of sp³-hybridized carbons (Fsp3) is 0.714. The summed E-state index contributed by atoms with van der Waals surface area (Å²) in [6.45, 7) is 3.57. The van der Waals surface area contributed by atoms with Gasteiger partial charge >= 0.3 is 0 Å². The first-order valence-electron chi connectivity index (χ1n) is 7.13. The molecule has 5 nitrogen and oxygen atoms in total. The molecule has 1 N–H and O–H groups in total. The van der Waals surface area contributed by atoms with Gasteiger partial charge in [-0.1, -0.05) is 0 Å². The predicted octanol–water partition coefficient (Wildman–Crippen LogP) is 1.37. The van der Waals surface area contributed by atoms with E-state index in [0.717, 1.165) is 38.9 Å². The van der Waals surface area contributed by atoms with Crippen LogP contribution >= 0.6 is 11.3 Å². The molecule has 2 fully saturated rings. The summed E-state index contributed by atoms with van der Waals surface area (Å²) < 4.78 is 5.33. The number of nitrogens with zero attached hydrogens (tertiary/aromatic N) is 2. The number of rotatable bonds is 3. The summed E-state index contributed by atoms with van der Waals surface area (Å²) in [5.41, 5.74) is 2.57. The third-order valence-corrected chi connectivity index (χ3v) is 5.14. The average molecular weight is 295 g/mol. The molecule has 3 heterocycles. The van der Waals surface area contributed by atoms with E-state index in [4.69, 9.17) is 4.74 Å². The van der Waals surface area contributed by atoms with Crippen LogP contribution in [0.4, 0.5) is 0 Å². The van der Waals surface area contributed by atoms with E-state index in [9.17, 15) is 4.79 Å². The molecule has 6 heteroatoms. The van der Waals surface area contributed by atoms with Gasteiger partial charge in [0.15, 0.2) is 0 Å². The minimum absolute atomic E-state index is 0.0590. The molecule has 1 aromatic rings. The summed E-state index contributed by atoms with van der Waals surface area (Å²) in [7, 11) is 1.71. The van der Waals surface area contributed by atoms with E-state index in [1.54, 1.807) is 12.6 Å². The highest BCUT2D eigenvalue weighted by Crippen LogP contribution is 2.42. The highest BCUT2D eigenvalue weighted by molar-refractivity contribution is 7.07. The molecule has 2 aliphatic rings. The van der Waals surface area contributed by atoms with E-state index in [0.29, 0.717) is 12.3 Å². The second kappa shape index (κ2) is 5.79. The molecule has 2 saturated heterocycles. The van der Waals surface area contributed by atoms with Gasteiger partial charge in [0.25, 0.3) is 5.91 Å². The maximum absolute atomic E-state index is 12.6. The Balaban J connectivity index is 1.79. The van der Waals surface area contributed by atoms with E-state index < -0.39 is 0 Å². The van der Waals surface area contributed by atoms with Gasteiger partial charge in [0, 0.05) is 19.0 Å². The standard InChI is InChI=1S/C14H21N3O2S/c1-19-7-11-6-14(2-4-15-5-3-14)9-17(11)13(18)12-8-20-10-16-12/h8,10-11,15H,2-7,9H2,1H3. The number of hydrogen-bond donors (Lipinski definition) is 1. The van der Waals surface area contributed by atoms with E-state index in [1.807, 2.05) is 10.3 Å². The number of methoxy groups -OCH3 is 1. The molecule has 0 aliphatic carbocycles. The molecule has 1 aromatic heterocycles. The van der Waals surface area contributed by atoms with Crippen molar-refractivity contribution < 1.29 is 9.53 Å². The number of carbonyl (C=O) groups is 1. The van der Waals surface area contributed by atoms with Crippen LogP contribution in [0.3, 0.4) is 0 Å². The first kappa shape index (κ1) is 14.0. The van der Waals surface area contributed by atoms with Gasteiger partial charge in [-0.3, -0.25) is 4.79 Å². The number of hydrogen-bond acceptors (Lipinski definition) is 5. The third kappa shape index (κ3) is 2.60. The number of ether oxygens (including phenoxy) is 1. The minimum Gasteiger partial charge on any atom is -0.383 e. The van der Waals surface area contributed by atoms with Gasteiger partial charge in [-0.25, -0.2) is 4.98 Å². The number of aromatic nitrogens is 1. The molecule has 0 radical (unpaired) electrons. The predicted molar refractivity (Wildman–Crippen MR) is 78.0 cm³/mol. The van der Waals surface area contributed by atoms with E-state index in [2.05, 4.69) is 10.3 Å². The lowest BCUT2D eigenvalue weighted by atomic mass is 9.77. The van der Waals surface area contributed by atoms with E-state index in [1.165, 1.54) is 11.3 Å². The minimum atomic E-state index is 0.0590. The Hall–Kier alpha value is -0.980. The quantitative estimate of drug-likeness (QED) is 0.915. The molecular weight excluding hydrogens is 274 g/mol. The van der Waals surface area contributed by atoms with Crippen LogP contribution in [0.15, 0.2) is 10.9 Å². The molecule has 1 unspecified atom stereocenters. The van der Waals surface area contributed by atoms with Gasteiger partial charge in [-0.15, -0.1) is 11.3 Å². The largest absolute Gasteiger partial charge is 0.383 e. The van der Waals surface area contributed by atoms with Crippen LogP contribution in [-0.4, -0.2) is 55.2 Å². The van der Waals surface area contributed by atoms with Crippen molar-refractivity contribution in [2.45, 2.75) is 25.3 Å². The summed E-state index contributed by atoms with van der Waals surface area (Å²) >= 11 is 1.47. The number of thiazole rings is 1. The van der Waals surface area contributed by atoms with Gasteiger partial charge in [0.1, 0.15) is 5.69 Å². The molecule has 1 spiro atoms. The lowest BCUT2D eigenvalue weighted by Crippen LogP contribution is -2.41. The molecule has 2 aliphatic heterocycles. The summed E-state index contributed by atoms with van der Waals surface area (Å²) in [5, 5.41) is 5.24. The van der Waals surface area contributed by atoms with Crippen molar-refractivity contribution in [3.05, 3.63) is 16.6 Å². The van der Waals surface area contributed by atoms with Crippen LogP contribution in [0.25, 0.3) is 0 Å². The fourth-order valence-corrected chi connectivity index (χ4v) is 4.05. The molecule has 20 heavy (non-hydrogen) atoms. The number of piperidine rings is 1. The van der Waals surface area contributed by atoms with Crippen molar-refractivity contribution in [2.24, 2.45) is 5.41 Å². The highest BCUT2D eigenvalue weighted by Gasteiger charge is 2.46. The smallest absolute Gasteiger partial charge is 0.273 e. The Morgan fingerprint density at radius 3 is 3.05 bits per heavy atom. The normalized spacial score (nSPS) is 25.2. The van der Waals surface area contributed by atoms with Gasteiger partial charge in [-0.2, -0.15) is 0 Å². The summed E-state index contributed by atoms with van der Waals surface area (Å²) in [6, 6.07) is 0.187. The molecule has 1 amide bonds. The van der Waals surface area contributed by atoms with Crippen LogP contribution in [0.2, 0.25) is 0 Å². The second-order valence-electron chi connectivity index (χ2n) is 5.87. The Morgan fingerprint density at radius 2 is 2.40 bits per heavy atom. The van der Waals surface area contributed by atoms with Crippen molar-refractivity contribution in [3.8, 4) is 0 Å². The maximum atomic E-state index is 12.6. The van der Waals surface area contributed by atoms with Crippen molar-refractivity contribution >= 4 is 17.2 Å². The van der Waals surface area contributed by atoms with Crippen molar-refractivity contribution in [2.75, 3.05) is 33.4 Å². The molecule has 0 saturated carbocycles. The molecule has 110 valence electrons. The lowest BCUT2D eigenvalue weighted by molar-refractivity contribution is 0.0616. The number of amides is 1. The summed E-state index contributed by atoms with van der Waals surface area (Å²) in [4.78, 5) is 18.8. The second-order valence-corrected chi connectivity index (χ2v) is 6.59. The molecular formula is C14H21N3O2S. The first-order valence-corrected chi connectivity index (χ1v) is 8.07. The van der Waals surface area contributed by atoms with Gasteiger partial charge in [0.2, 0.25) is 0 Å².